The summed E-state index contributed by atoms with van der Waals surface area (Å²) in [5.41, 5.74) is 12.2. The number of hydrogen-bond acceptors (Lipinski definition) is 6. The smallest absolute Gasteiger partial charge is 0.383 e. The van der Waals surface area contributed by atoms with Crippen molar-refractivity contribution in [2.24, 2.45) is 0 Å². The molecule has 0 spiro atoms. The van der Waals surface area contributed by atoms with Gasteiger partial charge in [0.05, 0.1) is 11.7 Å². The summed E-state index contributed by atoms with van der Waals surface area (Å²) in [4.78, 5) is 10.1. The molecule has 2 aromatic heterocycles. The van der Waals surface area contributed by atoms with Gasteiger partial charge in [0.25, 0.3) is 0 Å². The number of piperazine rings is 1. The maximum Gasteiger partial charge on any atom is 0.433 e. The van der Waals surface area contributed by atoms with E-state index >= 15 is 0 Å². The van der Waals surface area contributed by atoms with Crippen LogP contribution in [0, 0.1) is 0 Å². The first-order valence-electron chi connectivity index (χ1n) is 9.02. The van der Waals surface area contributed by atoms with E-state index in [0.29, 0.717) is 18.7 Å². The Morgan fingerprint density at radius 1 is 1.21 bits per heavy atom. The highest BCUT2D eigenvalue weighted by molar-refractivity contribution is 5.41. The number of nitrogen functional groups attached to an aromatic ring is 1. The average molecular weight is 390 g/mol. The summed E-state index contributed by atoms with van der Waals surface area (Å²) in [6.45, 7) is 4.75. The summed E-state index contributed by atoms with van der Waals surface area (Å²) in [5, 5.41) is 2.14. The van der Waals surface area contributed by atoms with E-state index < -0.39 is 11.9 Å². The number of nitrogens with one attached hydrogen (secondary N) is 1. The molecular weight excluding hydrogens is 369 g/mol. The molecule has 4 heterocycles. The van der Waals surface area contributed by atoms with Gasteiger partial charge in [-0.05, 0) is 30.7 Å². The second-order valence-electron chi connectivity index (χ2n) is 7.05. The highest BCUT2D eigenvalue weighted by Gasteiger charge is 2.35. The number of fused-ring (bicyclic) bond motifs is 1. The van der Waals surface area contributed by atoms with Crippen LogP contribution in [0.4, 0.5) is 19.0 Å². The van der Waals surface area contributed by atoms with Crippen molar-refractivity contribution in [3.05, 3.63) is 64.8 Å². The largest absolute Gasteiger partial charge is 0.433 e. The zero-order chi connectivity index (χ0) is 19.9. The highest BCUT2D eigenvalue weighted by Crippen LogP contribution is 2.33. The number of alkyl halides is 3. The Morgan fingerprint density at radius 2 is 2.04 bits per heavy atom. The first-order chi connectivity index (χ1) is 13.3. The number of nitrogens with two attached hydrogens (primary N) is 1. The maximum atomic E-state index is 12.8. The van der Waals surface area contributed by atoms with Gasteiger partial charge in [0.1, 0.15) is 11.5 Å². The fourth-order valence-corrected chi connectivity index (χ4v) is 3.66. The van der Waals surface area contributed by atoms with Gasteiger partial charge in [0.2, 0.25) is 0 Å². The summed E-state index contributed by atoms with van der Waals surface area (Å²) in [6, 6.07) is 8.29. The Hall–Kier alpha value is -2.65. The molecule has 6 nitrogen and oxygen atoms in total. The molecule has 2 aliphatic rings. The Labute approximate surface area is 160 Å². The minimum absolute atomic E-state index is 0.0361. The lowest BCUT2D eigenvalue weighted by molar-refractivity contribution is -0.141. The molecule has 0 radical (unpaired) electrons. The van der Waals surface area contributed by atoms with Crippen molar-refractivity contribution in [3.63, 3.8) is 0 Å². The molecule has 1 fully saturated rings. The van der Waals surface area contributed by atoms with Crippen molar-refractivity contribution in [2.75, 3.05) is 25.4 Å². The molecule has 1 unspecified atom stereocenters. The first kappa shape index (κ1) is 18.7. The van der Waals surface area contributed by atoms with Crippen LogP contribution in [0.25, 0.3) is 0 Å². The van der Waals surface area contributed by atoms with Crippen LogP contribution in [-0.2, 0) is 12.7 Å². The second-order valence-corrected chi connectivity index (χ2v) is 7.05. The zero-order valence-corrected chi connectivity index (χ0v) is 15.4. The van der Waals surface area contributed by atoms with Crippen molar-refractivity contribution >= 4 is 5.82 Å². The molecule has 9 heteroatoms. The number of hydrazine groups is 1. The van der Waals surface area contributed by atoms with Gasteiger partial charge in [-0.3, -0.25) is 9.88 Å². The van der Waals surface area contributed by atoms with Crippen molar-refractivity contribution in [1.29, 1.82) is 0 Å². The van der Waals surface area contributed by atoms with Gasteiger partial charge >= 0.3 is 6.18 Å². The van der Waals surface area contributed by atoms with E-state index in [1.54, 1.807) is 6.20 Å². The quantitative estimate of drug-likeness (QED) is 0.840. The van der Waals surface area contributed by atoms with Crippen molar-refractivity contribution in [2.45, 2.75) is 25.7 Å². The predicted octanol–water partition coefficient (Wildman–Crippen LogP) is 2.73. The minimum Gasteiger partial charge on any atom is -0.383 e. The van der Waals surface area contributed by atoms with Crippen molar-refractivity contribution in [3.8, 4) is 0 Å². The Bertz CT molecular complexity index is 896. The van der Waals surface area contributed by atoms with E-state index in [4.69, 9.17) is 5.73 Å². The molecule has 2 aliphatic heterocycles. The lowest BCUT2D eigenvalue weighted by atomic mass is 10.0. The van der Waals surface area contributed by atoms with Crippen LogP contribution in [0.2, 0.25) is 0 Å². The third kappa shape index (κ3) is 3.55. The summed E-state index contributed by atoms with van der Waals surface area (Å²) < 4.78 is 38.3. The van der Waals surface area contributed by atoms with E-state index in [2.05, 4.69) is 32.2 Å². The number of rotatable bonds is 3. The molecule has 1 saturated heterocycles. The second kappa shape index (κ2) is 7.06. The molecule has 3 N–H and O–H groups in total. The van der Waals surface area contributed by atoms with Gasteiger partial charge in [0.15, 0.2) is 0 Å². The summed E-state index contributed by atoms with van der Waals surface area (Å²) in [6.07, 6.45) is -2.71. The van der Waals surface area contributed by atoms with Gasteiger partial charge in [-0.2, -0.15) is 13.2 Å². The lowest BCUT2D eigenvalue weighted by Crippen LogP contribution is -2.47. The van der Waals surface area contributed by atoms with Crippen molar-refractivity contribution in [1.82, 2.24) is 25.3 Å². The number of hydrogen-bond donors (Lipinski definition) is 2. The van der Waals surface area contributed by atoms with Crippen LogP contribution >= 0.6 is 0 Å². The van der Waals surface area contributed by atoms with E-state index in [1.165, 1.54) is 17.3 Å². The standard InChI is InChI=1S/C19H21F3N6/c1-12-15-11-27(10-13-5-6-16(19(20,21)22)25-18(13)23)8-9-28(15)26-17(12)14-4-2-3-7-24-14/h2-7,17,26H,8-11H2,1H3,(H2,23,25). The lowest BCUT2D eigenvalue weighted by Gasteiger charge is -2.35. The molecule has 0 bridgehead atoms. The monoisotopic (exact) mass is 390 g/mol. The van der Waals surface area contributed by atoms with Gasteiger partial charge in [-0.1, -0.05) is 12.1 Å². The Balaban J connectivity index is 1.50. The third-order valence-electron chi connectivity index (χ3n) is 5.19. The van der Waals surface area contributed by atoms with Crippen LogP contribution in [0.15, 0.2) is 47.8 Å². The Kier molecular flexibility index (Phi) is 4.72. The van der Waals surface area contributed by atoms with Gasteiger partial charge in [0, 0.05) is 43.6 Å². The van der Waals surface area contributed by atoms with Crippen LogP contribution in [-0.4, -0.2) is 39.5 Å². The van der Waals surface area contributed by atoms with Crippen molar-refractivity contribution < 1.29 is 13.2 Å². The van der Waals surface area contributed by atoms with E-state index in [-0.39, 0.29) is 11.9 Å². The van der Waals surface area contributed by atoms with Gasteiger partial charge in [-0.15, -0.1) is 0 Å². The molecule has 0 aromatic carbocycles. The molecule has 28 heavy (non-hydrogen) atoms. The topological polar surface area (TPSA) is 70.3 Å². The maximum absolute atomic E-state index is 12.8. The van der Waals surface area contributed by atoms with Crippen LogP contribution in [0.5, 0.6) is 0 Å². The number of anilines is 1. The molecule has 148 valence electrons. The average Bonchev–Trinajstić information content (AvgIpc) is 3.00. The molecule has 0 amide bonds. The third-order valence-corrected chi connectivity index (χ3v) is 5.19. The van der Waals surface area contributed by atoms with E-state index in [1.807, 2.05) is 18.2 Å². The number of pyridine rings is 2. The fraction of sp³-hybridized carbons (Fsp3) is 0.368. The molecule has 1 atom stereocenters. The highest BCUT2D eigenvalue weighted by atomic mass is 19.4. The summed E-state index contributed by atoms with van der Waals surface area (Å²) >= 11 is 0. The fourth-order valence-electron chi connectivity index (χ4n) is 3.66. The van der Waals surface area contributed by atoms with E-state index in [9.17, 15) is 13.2 Å². The molecule has 2 aromatic rings. The first-order valence-corrected chi connectivity index (χ1v) is 9.02. The van der Waals surface area contributed by atoms with Crippen LogP contribution in [0.1, 0.15) is 29.9 Å². The van der Waals surface area contributed by atoms with E-state index in [0.717, 1.165) is 24.8 Å². The Morgan fingerprint density at radius 3 is 2.71 bits per heavy atom. The van der Waals surface area contributed by atoms with Gasteiger partial charge in [-0.25, -0.2) is 10.4 Å². The number of halogens is 3. The normalized spacial score (nSPS) is 20.6. The number of nitrogens with zero attached hydrogens (tertiary/aromatic N) is 4. The minimum atomic E-state index is -4.49. The summed E-state index contributed by atoms with van der Waals surface area (Å²) in [5.74, 6) is -0.0705. The molecular formula is C19H21F3N6. The molecule has 0 saturated carbocycles. The SMILES string of the molecule is CC1=C2CN(Cc3ccc(C(F)(F)F)nc3N)CCN2NC1c1ccccn1. The van der Waals surface area contributed by atoms with Crippen LogP contribution in [0.3, 0.4) is 0 Å². The molecule has 4 rings (SSSR count). The van der Waals surface area contributed by atoms with Gasteiger partial charge < -0.3 is 10.7 Å². The predicted molar refractivity (Wildman–Crippen MR) is 98.4 cm³/mol. The number of aromatic nitrogens is 2. The summed E-state index contributed by atoms with van der Waals surface area (Å²) in [7, 11) is 0. The van der Waals surface area contributed by atoms with Crippen LogP contribution < -0.4 is 11.2 Å². The molecule has 0 aliphatic carbocycles. The zero-order valence-electron chi connectivity index (χ0n) is 15.4.